The molecule has 0 aliphatic carbocycles. The summed E-state index contributed by atoms with van der Waals surface area (Å²) in [5, 5.41) is 22.6. The molecule has 1 atom stereocenters. The van der Waals surface area contributed by atoms with Gasteiger partial charge in [-0.3, -0.25) is 19.7 Å². The number of rotatable bonds is 8. The van der Waals surface area contributed by atoms with Crippen LogP contribution in [0.2, 0.25) is 0 Å². The van der Waals surface area contributed by atoms with Crippen LogP contribution in [0.1, 0.15) is 28.4 Å². The van der Waals surface area contributed by atoms with Crippen LogP contribution in [-0.4, -0.2) is 36.1 Å². The molecule has 2 rings (SSSR count). The molecule has 0 saturated heterocycles. The topological polar surface area (TPSA) is 128 Å². The summed E-state index contributed by atoms with van der Waals surface area (Å²) in [6, 6.07) is 9.10. The number of nitrogens with zero attached hydrogens (tertiary/aromatic N) is 1. The fourth-order valence-electron chi connectivity index (χ4n) is 2.50. The summed E-state index contributed by atoms with van der Waals surface area (Å²) in [4.78, 5) is 34.0. The van der Waals surface area contributed by atoms with E-state index in [0.29, 0.717) is 17.1 Å². The van der Waals surface area contributed by atoms with E-state index in [2.05, 4.69) is 5.32 Å². The molecular weight excluding hydrogens is 356 g/mol. The maximum atomic E-state index is 12.5. The Kier molecular flexibility index (Phi) is 6.32. The molecule has 0 aliphatic heterocycles. The van der Waals surface area contributed by atoms with E-state index in [0.717, 1.165) is 6.07 Å². The predicted octanol–water partition coefficient (Wildman–Crippen LogP) is 2.56. The normalized spacial score (nSPS) is 11.3. The van der Waals surface area contributed by atoms with E-state index in [1.165, 1.54) is 32.4 Å². The SMILES string of the molecule is COc1ccc(C(CC(=O)O)NC(=O)c2cccc([N+](=O)[O-])c2)cc1OC. The number of carbonyl (C=O) groups is 2. The third-order valence-electron chi connectivity index (χ3n) is 3.81. The highest BCUT2D eigenvalue weighted by molar-refractivity contribution is 5.95. The second-order valence-electron chi connectivity index (χ2n) is 5.55. The van der Waals surface area contributed by atoms with Gasteiger partial charge in [0.15, 0.2) is 11.5 Å². The molecule has 1 amide bonds. The van der Waals surface area contributed by atoms with Crippen molar-refractivity contribution in [2.75, 3.05) is 14.2 Å². The molecule has 1 unspecified atom stereocenters. The van der Waals surface area contributed by atoms with Gasteiger partial charge in [0.2, 0.25) is 0 Å². The van der Waals surface area contributed by atoms with Gasteiger partial charge in [-0.25, -0.2) is 0 Å². The van der Waals surface area contributed by atoms with Crippen LogP contribution >= 0.6 is 0 Å². The molecule has 0 spiro atoms. The Morgan fingerprint density at radius 3 is 2.44 bits per heavy atom. The highest BCUT2D eigenvalue weighted by Crippen LogP contribution is 2.31. The molecule has 2 N–H and O–H groups in total. The van der Waals surface area contributed by atoms with Crippen LogP contribution in [0.25, 0.3) is 0 Å². The first-order valence-electron chi connectivity index (χ1n) is 7.84. The number of nitro groups is 1. The van der Waals surface area contributed by atoms with E-state index >= 15 is 0 Å². The van der Waals surface area contributed by atoms with Crippen LogP contribution in [0.3, 0.4) is 0 Å². The highest BCUT2D eigenvalue weighted by Gasteiger charge is 2.21. The summed E-state index contributed by atoms with van der Waals surface area (Å²) < 4.78 is 10.3. The summed E-state index contributed by atoms with van der Waals surface area (Å²) in [7, 11) is 2.91. The minimum atomic E-state index is -1.12. The van der Waals surface area contributed by atoms with Gasteiger partial charge in [0.25, 0.3) is 11.6 Å². The number of carboxylic acid groups (broad SMARTS) is 1. The number of carbonyl (C=O) groups excluding carboxylic acids is 1. The maximum absolute atomic E-state index is 12.5. The smallest absolute Gasteiger partial charge is 0.305 e. The van der Waals surface area contributed by atoms with Crippen LogP contribution in [0.15, 0.2) is 42.5 Å². The Bertz CT molecular complexity index is 867. The van der Waals surface area contributed by atoms with Crippen molar-refractivity contribution in [2.45, 2.75) is 12.5 Å². The van der Waals surface area contributed by atoms with E-state index in [1.807, 2.05) is 0 Å². The predicted molar refractivity (Wildman–Crippen MR) is 95.1 cm³/mol. The molecule has 27 heavy (non-hydrogen) atoms. The number of non-ortho nitro benzene ring substituents is 1. The van der Waals surface area contributed by atoms with Gasteiger partial charge >= 0.3 is 5.97 Å². The number of nitro benzene ring substituents is 1. The summed E-state index contributed by atoms with van der Waals surface area (Å²) in [6.07, 6.45) is -0.379. The number of methoxy groups -OCH3 is 2. The zero-order valence-electron chi connectivity index (χ0n) is 14.7. The van der Waals surface area contributed by atoms with Crippen molar-refractivity contribution in [2.24, 2.45) is 0 Å². The molecule has 0 radical (unpaired) electrons. The number of hydrogen-bond donors (Lipinski definition) is 2. The molecule has 2 aromatic rings. The van der Waals surface area contributed by atoms with Gasteiger partial charge < -0.3 is 19.9 Å². The van der Waals surface area contributed by atoms with Crippen LogP contribution in [0, 0.1) is 10.1 Å². The number of benzene rings is 2. The monoisotopic (exact) mass is 374 g/mol. The molecule has 0 fully saturated rings. The van der Waals surface area contributed by atoms with Crippen LogP contribution in [-0.2, 0) is 4.79 Å². The first-order valence-corrected chi connectivity index (χ1v) is 7.84. The molecule has 0 heterocycles. The minimum absolute atomic E-state index is 0.0556. The standard InChI is InChI=1S/C18H18N2O7/c1-26-15-7-6-11(9-16(15)27-2)14(10-17(21)22)19-18(23)12-4-3-5-13(8-12)20(24)25/h3-9,14H,10H2,1-2H3,(H,19,23)(H,21,22). The van der Waals surface area contributed by atoms with Gasteiger partial charge in [0, 0.05) is 17.7 Å². The Morgan fingerprint density at radius 2 is 1.85 bits per heavy atom. The molecule has 0 aromatic heterocycles. The number of amides is 1. The fourth-order valence-corrected chi connectivity index (χ4v) is 2.50. The molecule has 9 heteroatoms. The second kappa shape index (κ2) is 8.65. The van der Waals surface area contributed by atoms with Crippen molar-refractivity contribution in [3.8, 4) is 11.5 Å². The summed E-state index contributed by atoms with van der Waals surface area (Å²) >= 11 is 0. The minimum Gasteiger partial charge on any atom is -0.493 e. The zero-order valence-corrected chi connectivity index (χ0v) is 14.7. The average molecular weight is 374 g/mol. The molecular formula is C18H18N2O7. The van der Waals surface area contributed by atoms with Crippen LogP contribution < -0.4 is 14.8 Å². The van der Waals surface area contributed by atoms with Crippen molar-refractivity contribution in [1.29, 1.82) is 0 Å². The number of carboxylic acids is 1. The third-order valence-corrected chi connectivity index (χ3v) is 3.81. The molecule has 0 aliphatic rings. The lowest BCUT2D eigenvalue weighted by Gasteiger charge is -2.19. The average Bonchev–Trinajstić information content (AvgIpc) is 2.66. The van der Waals surface area contributed by atoms with E-state index in [1.54, 1.807) is 18.2 Å². The van der Waals surface area contributed by atoms with Crippen molar-refractivity contribution in [3.63, 3.8) is 0 Å². The lowest BCUT2D eigenvalue weighted by Crippen LogP contribution is -2.30. The van der Waals surface area contributed by atoms with E-state index < -0.39 is 22.8 Å². The molecule has 9 nitrogen and oxygen atoms in total. The van der Waals surface area contributed by atoms with Crippen LogP contribution in [0.4, 0.5) is 5.69 Å². The van der Waals surface area contributed by atoms with E-state index in [4.69, 9.17) is 9.47 Å². The quantitative estimate of drug-likeness (QED) is 0.537. The van der Waals surface area contributed by atoms with E-state index in [9.17, 15) is 24.8 Å². The van der Waals surface area contributed by atoms with Crippen LogP contribution in [0.5, 0.6) is 11.5 Å². The van der Waals surface area contributed by atoms with Gasteiger partial charge in [0.1, 0.15) is 0 Å². The van der Waals surface area contributed by atoms with Gasteiger partial charge in [-0.2, -0.15) is 0 Å². The molecule has 142 valence electrons. The summed E-state index contributed by atoms with van der Waals surface area (Å²) in [6.45, 7) is 0. The first kappa shape index (κ1) is 19.7. The molecule has 0 bridgehead atoms. The zero-order chi connectivity index (χ0) is 20.0. The van der Waals surface area contributed by atoms with Gasteiger partial charge in [0.05, 0.1) is 31.6 Å². The fraction of sp³-hybridized carbons (Fsp3) is 0.222. The maximum Gasteiger partial charge on any atom is 0.305 e. The first-order chi connectivity index (χ1) is 12.8. The van der Waals surface area contributed by atoms with Crippen molar-refractivity contribution in [3.05, 3.63) is 63.7 Å². The van der Waals surface area contributed by atoms with E-state index in [-0.39, 0.29) is 17.7 Å². The van der Waals surface area contributed by atoms with Crippen molar-refractivity contribution < 1.29 is 29.1 Å². The van der Waals surface area contributed by atoms with Gasteiger partial charge in [-0.15, -0.1) is 0 Å². The Labute approximate surface area is 154 Å². The Morgan fingerprint density at radius 1 is 1.15 bits per heavy atom. The highest BCUT2D eigenvalue weighted by atomic mass is 16.6. The number of nitrogens with one attached hydrogen (secondary N) is 1. The number of hydrogen-bond acceptors (Lipinski definition) is 6. The Hall–Kier alpha value is -3.62. The third kappa shape index (κ3) is 4.94. The summed E-state index contributed by atoms with van der Waals surface area (Å²) in [5.41, 5.74) is 0.317. The van der Waals surface area contributed by atoms with Crippen molar-refractivity contribution >= 4 is 17.6 Å². The molecule has 2 aromatic carbocycles. The van der Waals surface area contributed by atoms with Gasteiger partial charge in [-0.05, 0) is 23.8 Å². The lowest BCUT2D eigenvalue weighted by molar-refractivity contribution is -0.384. The van der Waals surface area contributed by atoms with Crippen molar-refractivity contribution in [1.82, 2.24) is 5.32 Å². The molecule has 0 saturated carbocycles. The van der Waals surface area contributed by atoms with Gasteiger partial charge in [-0.1, -0.05) is 12.1 Å². The Balaban J connectivity index is 2.32. The number of aliphatic carboxylic acids is 1. The second-order valence-corrected chi connectivity index (χ2v) is 5.55. The lowest BCUT2D eigenvalue weighted by atomic mass is 10.0. The summed E-state index contributed by atoms with van der Waals surface area (Å²) in [5.74, 6) is -0.899. The largest absolute Gasteiger partial charge is 0.493 e. The number of ether oxygens (including phenoxy) is 2.